The number of nitro groups is 1. The van der Waals surface area contributed by atoms with Gasteiger partial charge >= 0.3 is 0 Å². The molecule has 0 heterocycles. The van der Waals surface area contributed by atoms with Crippen molar-refractivity contribution in [3.8, 4) is 0 Å². The monoisotopic (exact) mass is 295 g/mol. The maximum atomic E-state index is 12.5. The first kappa shape index (κ1) is 14.1. The maximum absolute atomic E-state index is 12.5. The first-order valence-corrected chi connectivity index (χ1v) is 6.92. The summed E-state index contributed by atoms with van der Waals surface area (Å²) in [4.78, 5) is 33.9. The first-order chi connectivity index (χ1) is 10.6. The molecular weight excluding hydrogens is 282 g/mol. The van der Waals surface area contributed by atoms with Gasteiger partial charge < -0.3 is 4.79 Å². The second-order valence-corrected chi connectivity index (χ2v) is 5.34. The number of aldehydes is 1. The molecule has 2 aromatic rings. The van der Waals surface area contributed by atoms with Crippen molar-refractivity contribution < 1.29 is 14.5 Å². The third kappa shape index (κ3) is 2.41. The fraction of sp³-hybridized carbons (Fsp3) is 0.176. The first-order valence-electron chi connectivity index (χ1n) is 6.92. The summed E-state index contributed by atoms with van der Waals surface area (Å²) in [7, 11) is 0. The number of hydrogen-bond donors (Lipinski definition) is 0. The van der Waals surface area contributed by atoms with E-state index in [1.165, 1.54) is 12.1 Å². The molecule has 0 amide bonds. The number of carbonyl (C=O) groups is 2. The van der Waals surface area contributed by atoms with Crippen LogP contribution in [0.15, 0.2) is 54.6 Å². The lowest BCUT2D eigenvalue weighted by atomic mass is 10.0. The van der Waals surface area contributed by atoms with E-state index < -0.39 is 4.92 Å². The number of Topliss-reactive ketones (excluding diaryl/α,β-unsaturated/α-hetero) is 1. The van der Waals surface area contributed by atoms with Gasteiger partial charge in [0.25, 0.3) is 5.69 Å². The van der Waals surface area contributed by atoms with E-state index in [0.29, 0.717) is 5.56 Å². The standard InChI is InChI=1S/C17H13NO4/c19-10-14-15(11-6-8-13(9-7-11)18(21)22)16(14)17(20)12-4-2-1-3-5-12/h1-10,14-16H/t14-,15-,16+/m1/s1. The summed E-state index contributed by atoms with van der Waals surface area (Å²) in [6.45, 7) is 0. The molecule has 0 unspecified atom stereocenters. The Hall–Kier alpha value is -2.82. The molecule has 0 bridgehead atoms. The van der Waals surface area contributed by atoms with Crippen LogP contribution in [0.2, 0.25) is 0 Å². The van der Waals surface area contributed by atoms with Gasteiger partial charge in [0.2, 0.25) is 0 Å². The molecule has 22 heavy (non-hydrogen) atoms. The molecule has 0 radical (unpaired) electrons. The molecule has 0 aromatic heterocycles. The van der Waals surface area contributed by atoms with E-state index >= 15 is 0 Å². The Kier molecular flexibility index (Phi) is 3.55. The minimum Gasteiger partial charge on any atom is -0.303 e. The summed E-state index contributed by atoms with van der Waals surface area (Å²) in [6, 6.07) is 14.9. The van der Waals surface area contributed by atoms with Gasteiger partial charge in [0.15, 0.2) is 5.78 Å². The molecule has 5 heteroatoms. The molecule has 0 aliphatic heterocycles. The molecule has 1 aliphatic carbocycles. The van der Waals surface area contributed by atoms with Crippen molar-refractivity contribution in [2.24, 2.45) is 11.8 Å². The molecule has 5 nitrogen and oxygen atoms in total. The second kappa shape index (κ2) is 5.52. The van der Waals surface area contributed by atoms with Gasteiger partial charge in [0.05, 0.1) is 4.92 Å². The average molecular weight is 295 g/mol. The van der Waals surface area contributed by atoms with Gasteiger partial charge in [-0.15, -0.1) is 0 Å². The summed E-state index contributed by atoms with van der Waals surface area (Å²) in [5.41, 5.74) is 1.37. The lowest BCUT2D eigenvalue weighted by molar-refractivity contribution is -0.384. The molecule has 1 fully saturated rings. The fourth-order valence-electron chi connectivity index (χ4n) is 2.88. The van der Waals surface area contributed by atoms with Crippen molar-refractivity contribution in [1.82, 2.24) is 0 Å². The Balaban J connectivity index is 1.84. The van der Waals surface area contributed by atoms with E-state index in [1.807, 2.05) is 6.07 Å². The molecule has 1 aliphatic rings. The van der Waals surface area contributed by atoms with Crippen LogP contribution in [0, 0.1) is 22.0 Å². The third-order valence-corrected chi connectivity index (χ3v) is 4.08. The number of non-ortho nitro benzene ring substituents is 1. The Morgan fingerprint density at radius 3 is 2.23 bits per heavy atom. The second-order valence-electron chi connectivity index (χ2n) is 5.34. The normalized spacial score (nSPS) is 22.8. The van der Waals surface area contributed by atoms with Gasteiger partial charge in [-0.05, 0) is 5.56 Å². The number of hydrogen-bond acceptors (Lipinski definition) is 4. The molecular formula is C17H13NO4. The average Bonchev–Trinajstić information content (AvgIpc) is 3.29. The molecule has 1 saturated carbocycles. The minimum absolute atomic E-state index is 0.00186. The number of nitrogens with zero attached hydrogens (tertiary/aromatic N) is 1. The molecule has 3 atom stereocenters. The van der Waals surface area contributed by atoms with Crippen LogP contribution in [-0.4, -0.2) is 17.0 Å². The lowest BCUT2D eigenvalue weighted by Gasteiger charge is -2.01. The van der Waals surface area contributed by atoms with Crippen LogP contribution in [0.4, 0.5) is 5.69 Å². The van der Waals surface area contributed by atoms with Crippen LogP contribution in [0.3, 0.4) is 0 Å². The van der Waals surface area contributed by atoms with Crippen molar-refractivity contribution in [2.75, 3.05) is 0 Å². The summed E-state index contributed by atoms with van der Waals surface area (Å²) in [5, 5.41) is 10.7. The number of ketones is 1. The van der Waals surface area contributed by atoms with E-state index in [4.69, 9.17) is 0 Å². The largest absolute Gasteiger partial charge is 0.303 e. The van der Waals surface area contributed by atoms with Crippen molar-refractivity contribution in [1.29, 1.82) is 0 Å². The zero-order valence-corrected chi connectivity index (χ0v) is 11.6. The summed E-state index contributed by atoms with van der Waals surface area (Å²) < 4.78 is 0. The summed E-state index contributed by atoms with van der Waals surface area (Å²) in [5.74, 6) is -0.970. The fourth-order valence-corrected chi connectivity index (χ4v) is 2.88. The highest BCUT2D eigenvalue weighted by atomic mass is 16.6. The van der Waals surface area contributed by atoms with Crippen molar-refractivity contribution in [3.05, 3.63) is 75.8 Å². The van der Waals surface area contributed by atoms with Crippen LogP contribution in [0.25, 0.3) is 0 Å². The molecule has 0 saturated heterocycles. The van der Waals surface area contributed by atoms with Crippen LogP contribution < -0.4 is 0 Å². The number of nitro benzene ring substituents is 1. The van der Waals surface area contributed by atoms with Crippen molar-refractivity contribution in [2.45, 2.75) is 5.92 Å². The maximum Gasteiger partial charge on any atom is 0.269 e. The predicted octanol–water partition coefficient (Wildman–Crippen LogP) is 3.01. The highest BCUT2D eigenvalue weighted by Gasteiger charge is 2.55. The number of carbonyl (C=O) groups excluding carboxylic acids is 2. The topological polar surface area (TPSA) is 77.3 Å². The van der Waals surface area contributed by atoms with Crippen LogP contribution in [0.1, 0.15) is 21.8 Å². The van der Waals surface area contributed by atoms with E-state index in [9.17, 15) is 19.7 Å². The quantitative estimate of drug-likeness (QED) is 0.367. The smallest absolute Gasteiger partial charge is 0.269 e. The summed E-state index contributed by atoms with van der Waals surface area (Å²) in [6.07, 6.45) is 0.803. The van der Waals surface area contributed by atoms with E-state index in [0.717, 1.165) is 11.8 Å². The van der Waals surface area contributed by atoms with Gasteiger partial charge in [0, 0.05) is 35.4 Å². The van der Waals surface area contributed by atoms with Gasteiger partial charge in [-0.2, -0.15) is 0 Å². The molecule has 3 rings (SSSR count). The van der Waals surface area contributed by atoms with Crippen molar-refractivity contribution >= 4 is 17.8 Å². The number of rotatable bonds is 5. The third-order valence-electron chi connectivity index (χ3n) is 4.08. The van der Waals surface area contributed by atoms with Gasteiger partial charge in [-0.1, -0.05) is 42.5 Å². The highest BCUT2D eigenvalue weighted by molar-refractivity contribution is 6.03. The minimum atomic E-state index is -0.472. The van der Waals surface area contributed by atoms with Gasteiger partial charge in [0.1, 0.15) is 6.29 Å². The zero-order chi connectivity index (χ0) is 15.7. The Morgan fingerprint density at radius 2 is 1.68 bits per heavy atom. The SMILES string of the molecule is O=C[C@H]1[C@H](C(=O)c2ccccc2)[C@@H]1c1ccc([N+](=O)[O-])cc1. The van der Waals surface area contributed by atoms with Gasteiger partial charge in [-0.25, -0.2) is 0 Å². The lowest BCUT2D eigenvalue weighted by Crippen LogP contribution is -2.04. The van der Waals surface area contributed by atoms with Crippen molar-refractivity contribution in [3.63, 3.8) is 0 Å². The highest BCUT2D eigenvalue weighted by Crippen LogP contribution is 2.54. The molecule has 0 N–H and O–H groups in total. The van der Waals surface area contributed by atoms with Gasteiger partial charge in [-0.3, -0.25) is 14.9 Å². The molecule has 110 valence electrons. The number of benzene rings is 2. The summed E-state index contributed by atoms with van der Waals surface area (Å²) >= 11 is 0. The predicted molar refractivity (Wildman–Crippen MR) is 79.7 cm³/mol. The molecule has 0 spiro atoms. The Bertz CT molecular complexity index is 724. The van der Waals surface area contributed by atoms with E-state index in [-0.39, 0.29) is 29.2 Å². The van der Waals surface area contributed by atoms with Crippen LogP contribution in [-0.2, 0) is 4.79 Å². The van der Waals surface area contributed by atoms with E-state index in [2.05, 4.69) is 0 Å². The van der Waals surface area contributed by atoms with Crippen LogP contribution in [0.5, 0.6) is 0 Å². The Morgan fingerprint density at radius 1 is 1.05 bits per heavy atom. The van der Waals surface area contributed by atoms with Crippen LogP contribution >= 0.6 is 0 Å². The Labute approximate surface area is 126 Å². The molecule has 2 aromatic carbocycles. The van der Waals surface area contributed by atoms with E-state index in [1.54, 1.807) is 36.4 Å². The zero-order valence-electron chi connectivity index (χ0n) is 11.6.